The lowest BCUT2D eigenvalue weighted by atomic mass is 10.1. The molecule has 24 heavy (non-hydrogen) atoms. The van der Waals surface area contributed by atoms with Crippen LogP contribution in [0.3, 0.4) is 0 Å². The first-order valence-electron chi connectivity index (χ1n) is 7.90. The van der Waals surface area contributed by atoms with Gasteiger partial charge in [0, 0.05) is 10.2 Å². The Labute approximate surface area is 150 Å². The van der Waals surface area contributed by atoms with E-state index in [0.29, 0.717) is 11.3 Å². The van der Waals surface area contributed by atoms with Crippen LogP contribution in [0.4, 0.5) is 5.69 Å². The van der Waals surface area contributed by atoms with Gasteiger partial charge in [0.1, 0.15) is 0 Å². The third-order valence-electron chi connectivity index (χ3n) is 3.45. The zero-order valence-electron chi connectivity index (χ0n) is 13.5. The van der Waals surface area contributed by atoms with Crippen molar-refractivity contribution in [2.45, 2.75) is 26.2 Å². The van der Waals surface area contributed by atoms with Gasteiger partial charge in [-0.05, 0) is 48.7 Å². The molecule has 126 valence electrons. The molecule has 0 aliphatic heterocycles. The van der Waals surface area contributed by atoms with Crippen molar-refractivity contribution in [3.63, 3.8) is 0 Å². The van der Waals surface area contributed by atoms with Crippen molar-refractivity contribution in [1.29, 1.82) is 0 Å². The molecule has 0 aliphatic carbocycles. The van der Waals surface area contributed by atoms with E-state index in [-0.39, 0.29) is 12.5 Å². The lowest BCUT2D eigenvalue weighted by Crippen LogP contribution is -2.20. The van der Waals surface area contributed by atoms with Crippen LogP contribution in [0.15, 0.2) is 53.0 Å². The average Bonchev–Trinajstić information content (AvgIpc) is 2.59. The Morgan fingerprint density at radius 1 is 1.12 bits per heavy atom. The summed E-state index contributed by atoms with van der Waals surface area (Å²) < 4.78 is 5.80. The number of carbonyl (C=O) groups excluding carboxylic acids is 2. The predicted octanol–water partition coefficient (Wildman–Crippen LogP) is 4.59. The van der Waals surface area contributed by atoms with Crippen molar-refractivity contribution in [1.82, 2.24) is 0 Å². The van der Waals surface area contributed by atoms with Gasteiger partial charge in [0.05, 0.1) is 5.56 Å². The first-order valence-corrected chi connectivity index (χ1v) is 8.69. The highest BCUT2D eigenvalue weighted by Crippen LogP contribution is 2.13. The molecule has 4 nitrogen and oxygen atoms in total. The van der Waals surface area contributed by atoms with Crippen LogP contribution in [0.1, 0.15) is 35.7 Å². The molecule has 0 heterocycles. The Kier molecular flexibility index (Phi) is 7.00. The largest absolute Gasteiger partial charge is 0.452 e. The van der Waals surface area contributed by atoms with Gasteiger partial charge in [0.2, 0.25) is 0 Å². The van der Waals surface area contributed by atoms with Crippen LogP contribution in [0.2, 0.25) is 0 Å². The van der Waals surface area contributed by atoms with Crippen LogP contribution >= 0.6 is 15.9 Å². The number of ether oxygens (including phenoxy) is 1. The molecule has 2 aromatic rings. The maximum atomic E-state index is 11.9. The highest BCUT2D eigenvalue weighted by molar-refractivity contribution is 9.10. The second-order valence-electron chi connectivity index (χ2n) is 5.44. The predicted molar refractivity (Wildman–Crippen MR) is 98.1 cm³/mol. The second-order valence-corrected chi connectivity index (χ2v) is 6.35. The van der Waals surface area contributed by atoms with Gasteiger partial charge in [0.15, 0.2) is 6.61 Å². The number of amides is 1. The lowest BCUT2D eigenvalue weighted by Gasteiger charge is -2.08. The van der Waals surface area contributed by atoms with Gasteiger partial charge < -0.3 is 10.1 Å². The average molecular weight is 390 g/mol. The number of carbonyl (C=O) groups is 2. The van der Waals surface area contributed by atoms with Crippen molar-refractivity contribution in [3.05, 3.63) is 64.1 Å². The Morgan fingerprint density at radius 3 is 2.54 bits per heavy atom. The van der Waals surface area contributed by atoms with Crippen LogP contribution in [-0.2, 0) is 16.0 Å². The van der Waals surface area contributed by atoms with E-state index in [2.05, 4.69) is 28.2 Å². The molecule has 0 aliphatic rings. The van der Waals surface area contributed by atoms with E-state index in [1.807, 2.05) is 30.3 Å². The zero-order valence-corrected chi connectivity index (χ0v) is 15.1. The molecule has 1 amide bonds. The minimum Gasteiger partial charge on any atom is -0.452 e. The third kappa shape index (κ3) is 5.81. The molecule has 0 saturated carbocycles. The molecule has 5 heteroatoms. The first kappa shape index (κ1) is 18.2. The number of esters is 1. The van der Waals surface area contributed by atoms with Crippen LogP contribution in [0, 0.1) is 0 Å². The highest BCUT2D eigenvalue weighted by Gasteiger charge is 2.10. The molecule has 2 aromatic carbocycles. The molecule has 0 saturated heterocycles. The van der Waals surface area contributed by atoms with Crippen LogP contribution < -0.4 is 5.32 Å². The van der Waals surface area contributed by atoms with Gasteiger partial charge in [-0.25, -0.2) is 4.79 Å². The summed E-state index contributed by atoms with van der Waals surface area (Å²) in [5.41, 5.74) is 2.34. The fourth-order valence-electron chi connectivity index (χ4n) is 2.16. The number of rotatable bonds is 7. The Hall–Kier alpha value is -2.14. The summed E-state index contributed by atoms with van der Waals surface area (Å²) >= 11 is 3.29. The maximum Gasteiger partial charge on any atom is 0.338 e. The quantitative estimate of drug-likeness (QED) is 0.704. The number of benzene rings is 2. The fourth-order valence-corrected chi connectivity index (χ4v) is 2.56. The van der Waals surface area contributed by atoms with E-state index < -0.39 is 5.97 Å². The van der Waals surface area contributed by atoms with Gasteiger partial charge >= 0.3 is 5.97 Å². The molecule has 0 fully saturated rings. The van der Waals surface area contributed by atoms with Crippen molar-refractivity contribution in [2.24, 2.45) is 0 Å². The number of halogens is 1. The minimum atomic E-state index is -0.527. The fraction of sp³-hybridized carbons (Fsp3) is 0.263. The number of anilines is 1. The van der Waals surface area contributed by atoms with Crippen LogP contribution in [-0.4, -0.2) is 18.5 Å². The summed E-state index contributed by atoms with van der Waals surface area (Å²) in [6.45, 7) is 1.84. The van der Waals surface area contributed by atoms with Gasteiger partial charge in [0.25, 0.3) is 5.91 Å². The summed E-state index contributed by atoms with van der Waals surface area (Å²) in [6.07, 6.45) is 3.34. The Bertz CT molecular complexity index is 698. The van der Waals surface area contributed by atoms with Gasteiger partial charge in [-0.3, -0.25) is 4.79 Å². The number of aryl methyl sites for hydroxylation is 1. The number of hydrogen-bond donors (Lipinski definition) is 1. The van der Waals surface area contributed by atoms with E-state index in [9.17, 15) is 9.59 Å². The molecule has 0 bridgehead atoms. The molecule has 1 N–H and O–H groups in total. The standard InChI is InChI=1S/C19H20BrNO3/c1-2-3-5-14-8-10-17(11-9-14)21-18(22)13-24-19(23)15-6-4-7-16(20)12-15/h4,6-12H,2-3,5,13H2,1H3,(H,21,22). The summed E-state index contributed by atoms with van der Waals surface area (Å²) in [5, 5.41) is 2.72. The van der Waals surface area contributed by atoms with Gasteiger partial charge in [-0.1, -0.05) is 47.5 Å². The number of nitrogens with one attached hydrogen (secondary N) is 1. The summed E-state index contributed by atoms with van der Waals surface area (Å²) in [5.74, 6) is -0.888. The van der Waals surface area contributed by atoms with Crippen molar-refractivity contribution in [3.8, 4) is 0 Å². The summed E-state index contributed by atoms with van der Waals surface area (Å²) in [7, 11) is 0. The Morgan fingerprint density at radius 2 is 1.88 bits per heavy atom. The Balaban J connectivity index is 1.81. The molecule has 2 rings (SSSR count). The molecular weight excluding hydrogens is 370 g/mol. The smallest absolute Gasteiger partial charge is 0.338 e. The van der Waals surface area contributed by atoms with Crippen molar-refractivity contribution >= 4 is 33.5 Å². The molecule has 0 atom stereocenters. The van der Waals surface area contributed by atoms with Gasteiger partial charge in [-0.2, -0.15) is 0 Å². The molecule has 0 aromatic heterocycles. The highest BCUT2D eigenvalue weighted by atomic mass is 79.9. The second kappa shape index (κ2) is 9.23. The molecule has 0 radical (unpaired) electrons. The SMILES string of the molecule is CCCCc1ccc(NC(=O)COC(=O)c2cccc(Br)c2)cc1. The third-order valence-corrected chi connectivity index (χ3v) is 3.94. The van der Waals surface area contributed by atoms with E-state index in [1.165, 1.54) is 5.56 Å². The molecule has 0 spiro atoms. The monoisotopic (exact) mass is 389 g/mol. The molecular formula is C19H20BrNO3. The first-order chi connectivity index (χ1) is 11.6. The van der Waals surface area contributed by atoms with E-state index in [4.69, 9.17) is 4.74 Å². The van der Waals surface area contributed by atoms with E-state index in [1.54, 1.807) is 18.2 Å². The van der Waals surface area contributed by atoms with Crippen molar-refractivity contribution < 1.29 is 14.3 Å². The van der Waals surface area contributed by atoms with Gasteiger partial charge in [-0.15, -0.1) is 0 Å². The lowest BCUT2D eigenvalue weighted by molar-refractivity contribution is -0.119. The zero-order chi connectivity index (χ0) is 17.4. The van der Waals surface area contributed by atoms with Crippen LogP contribution in [0.5, 0.6) is 0 Å². The normalized spacial score (nSPS) is 10.2. The summed E-state index contributed by atoms with van der Waals surface area (Å²) in [6, 6.07) is 14.6. The topological polar surface area (TPSA) is 55.4 Å². The number of unbranched alkanes of at least 4 members (excludes halogenated alkanes) is 1. The summed E-state index contributed by atoms with van der Waals surface area (Å²) in [4.78, 5) is 23.8. The van der Waals surface area contributed by atoms with E-state index in [0.717, 1.165) is 23.7 Å². The molecule has 0 unspecified atom stereocenters. The van der Waals surface area contributed by atoms with Crippen molar-refractivity contribution in [2.75, 3.05) is 11.9 Å². The minimum absolute atomic E-state index is 0.317. The van der Waals surface area contributed by atoms with Crippen LogP contribution in [0.25, 0.3) is 0 Å². The van der Waals surface area contributed by atoms with E-state index >= 15 is 0 Å². The maximum absolute atomic E-state index is 11.9. The number of hydrogen-bond acceptors (Lipinski definition) is 3.